The van der Waals surface area contributed by atoms with Gasteiger partial charge in [0.25, 0.3) is 0 Å². The third kappa shape index (κ3) is 2.90. The van der Waals surface area contributed by atoms with Gasteiger partial charge in [-0.1, -0.05) is 24.3 Å². The molecule has 3 heteroatoms. The van der Waals surface area contributed by atoms with Crippen LogP contribution >= 0.6 is 11.6 Å². The quantitative estimate of drug-likeness (QED) is 0.794. The fourth-order valence-electron chi connectivity index (χ4n) is 2.96. The molecule has 0 spiro atoms. The summed E-state index contributed by atoms with van der Waals surface area (Å²) in [6, 6.07) is 10.6. The van der Waals surface area contributed by atoms with Crippen molar-refractivity contribution in [3.63, 3.8) is 0 Å². The van der Waals surface area contributed by atoms with E-state index in [1.807, 2.05) is 12.3 Å². The fraction of sp³-hybridized carbons (Fsp3) is 0.438. The molecule has 1 aliphatic rings. The molecule has 0 N–H and O–H groups in total. The lowest BCUT2D eigenvalue weighted by Gasteiger charge is -2.31. The summed E-state index contributed by atoms with van der Waals surface area (Å²) in [6.07, 6.45) is 4.41. The second-order valence-corrected chi connectivity index (χ2v) is 5.70. The number of aromatic nitrogens is 1. The first kappa shape index (κ1) is 12.9. The smallest absolute Gasteiger partial charge is 0.0746 e. The standard InChI is InChI=1S/C16H19ClN2/c17-10-13-4-3-9-19(11-13)12-15-6-1-5-14-7-2-8-18-16(14)15/h1-2,5-8,13H,3-4,9-12H2. The SMILES string of the molecule is ClCC1CCCN(Cc2cccc3cccnc23)C1. The third-order valence-corrected chi connectivity index (χ3v) is 4.37. The molecule has 0 aliphatic carbocycles. The van der Waals surface area contributed by atoms with Gasteiger partial charge in [0.2, 0.25) is 0 Å². The molecule has 1 aliphatic heterocycles. The summed E-state index contributed by atoms with van der Waals surface area (Å²) in [4.78, 5) is 7.05. The predicted octanol–water partition coefficient (Wildman–Crippen LogP) is 3.69. The number of benzene rings is 1. The van der Waals surface area contributed by atoms with E-state index in [9.17, 15) is 0 Å². The molecule has 3 rings (SSSR count). The number of hydrogen-bond acceptors (Lipinski definition) is 2. The summed E-state index contributed by atoms with van der Waals surface area (Å²) in [5.41, 5.74) is 2.46. The average Bonchev–Trinajstić information content (AvgIpc) is 2.48. The molecule has 2 heterocycles. The van der Waals surface area contributed by atoms with Crippen LogP contribution < -0.4 is 0 Å². The van der Waals surface area contributed by atoms with Gasteiger partial charge in [0.05, 0.1) is 5.52 Å². The summed E-state index contributed by atoms with van der Waals surface area (Å²) < 4.78 is 0. The Labute approximate surface area is 119 Å². The highest BCUT2D eigenvalue weighted by molar-refractivity contribution is 6.18. The van der Waals surface area contributed by atoms with Crippen molar-refractivity contribution in [2.75, 3.05) is 19.0 Å². The summed E-state index contributed by atoms with van der Waals surface area (Å²) in [5, 5.41) is 1.23. The number of pyridine rings is 1. The van der Waals surface area contributed by atoms with Gasteiger partial charge in [0, 0.05) is 30.6 Å². The van der Waals surface area contributed by atoms with Crippen LogP contribution in [0.4, 0.5) is 0 Å². The summed E-state index contributed by atoms with van der Waals surface area (Å²) >= 11 is 6.00. The molecule has 0 amide bonds. The molecule has 0 radical (unpaired) electrons. The minimum Gasteiger partial charge on any atom is -0.299 e. The van der Waals surface area contributed by atoms with Crippen molar-refractivity contribution in [1.29, 1.82) is 0 Å². The summed E-state index contributed by atoms with van der Waals surface area (Å²) in [7, 11) is 0. The van der Waals surface area contributed by atoms with E-state index < -0.39 is 0 Å². The van der Waals surface area contributed by atoms with E-state index in [0.29, 0.717) is 5.92 Å². The highest BCUT2D eigenvalue weighted by Crippen LogP contribution is 2.22. The van der Waals surface area contributed by atoms with E-state index in [2.05, 4.69) is 34.1 Å². The lowest BCUT2D eigenvalue weighted by atomic mass is 9.99. The Kier molecular flexibility index (Phi) is 4.00. The fourth-order valence-corrected chi connectivity index (χ4v) is 3.21. The minimum absolute atomic E-state index is 0.651. The molecule has 1 atom stereocenters. The number of halogens is 1. The molecule has 1 aromatic carbocycles. The van der Waals surface area contributed by atoms with Crippen molar-refractivity contribution >= 4 is 22.5 Å². The molecule has 2 nitrogen and oxygen atoms in total. The third-order valence-electron chi connectivity index (χ3n) is 3.93. The first-order valence-electron chi connectivity index (χ1n) is 6.98. The Hall–Kier alpha value is -1.12. The van der Waals surface area contributed by atoms with Crippen molar-refractivity contribution in [1.82, 2.24) is 9.88 Å². The molecular formula is C16H19ClN2. The first-order valence-corrected chi connectivity index (χ1v) is 7.51. The molecule has 19 heavy (non-hydrogen) atoms. The van der Waals surface area contributed by atoms with E-state index in [1.54, 1.807) is 0 Å². The van der Waals surface area contributed by atoms with Crippen LogP contribution in [-0.2, 0) is 6.54 Å². The maximum Gasteiger partial charge on any atom is 0.0746 e. The minimum atomic E-state index is 0.651. The molecule has 1 saturated heterocycles. The van der Waals surface area contributed by atoms with Gasteiger partial charge in [0.1, 0.15) is 0 Å². The van der Waals surface area contributed by atoms with Crippen molar-refractivity contribution in [2.45, 2.75) is 19.4 Å². The number of hydrogen-bond donors (Lipinski definition) is 0. The molecule has 1 fully saturated rings. The van der Waals surface area contributed by atoms with Crippen molar-refractivity contribution in [3.8, 4) is 0 Å². The Morgan fingerprint density at radius 1 is 1.26 bits per heavy atom. The van der Waals surface area contributed by atoms with E-state index >= 15 is 0 Å². The Bertz CT molecular complexity index is 550. The number of fused-ring (bicyclic) bond motifs is 1. The van der Waals surface area contributed by atoms with Gasteiger partial charge in [0.15, 0.2) is 0 Å². The van der Waals surface area contributed by atoms with Gasteiger partial charge >= 0.3 is 0 Å². The normalized spacial score (nSPS) is 20.8. The number of rotatable bonds is 3. The second kappa shape index (κ2) is 5.89. The maximum absolute atomic E-state index is 6.00. The molecule has 100 valence electrons. The molecule has 1 aromatic heterocycles. The second-order valence-electron chi connectivity index (χ2n) is 5.39. The molecule has 2 aromatic rings. The summed E-state index contributed by atoms with van der Waals surface area (Å²) in [5.74, 6) is 1.43. The Balaban J connectivity index is 1.81. The van der Waals surface area contributed by atoms with Gasteiger partial charge in [-0.15, -0.1) is 11.6 Å². The van der Waals surface area contributed by atoms with Crippen molar-refractivity contribution in [2.24, 2.45) is 5.92 Å². The Morgan fingerprint density at radius 3 is 3.05 bits per heavy atom. The van der Waals surface area contributed by atoms with E-state index in [4.69, 9.17) is 11.6 Å². The maximum atomic E-state index is 6.00. The molecule has 0 saturated carbocycles. The number of likely N-dealkylation sites (tertiary alicyclic amines) is 1. The van der Waals surface area contributed by atoms with Crippen LogP contribution in [0.25, 0.3) is 10.9 Å². The molecule has 0 bridgehead atoms. The van der Waals surface area contributed by atoms with Crippen molar-refractivity contribution in [3.05, 3.63) is 42.1 Å². The highest BCUT2D eigenvalue weighted by atomic mass is 35.5. The molecule has 1 unspecified atom stereocenters. The van der Waals surface area contributed by atoms with Gasteiger partial charge in [-0.25, -0.2) is 0 Å². The van der Waals surface area contributed by atoms with Crippen LogP contribution in [0.3, 0.4) is 0 Å². The van der Waals surface area contributed by atoms with Gasteiger partial charge < -0.3 is 0 Å². The van der Waals surface area contributed by atoms with Crippen molar-refractivity contribution < 1.29 is 0 Å². The van der Waals surface area contributed by atoms with Gasteiger partial charge in [-0.2, -0.15) is 0 Å². The number of alkyl halides is 1. The Morgan fingerprint density at radius 2 is 2.16 bits per heavy atom. The largest absolute Gasteiger partial charge is 0.299 e. The number of para-hydroxylation sites is 1. The number of piperidine rings is 1. The zero-order valence-electron chi connectivity index (χ0n) is 11.1. The highest BCUT2D eigenvalue weighted by Gasteiger charge is 2.19. The lowest BCUT2D eigenvalue weighted by Crippen LogP contribution is -2.35. The van der Waals surface area contributed by atoms with Gasteiger partial charge in [-0.3, -0.25) is 9.88 Å². The van der Waals surface area contributed by atoms with Gasteiger partial charge in [-0.05, 0) is 36.9 Å². The van der Waals surface area contributed by atoms with E-state index in [1.165, 1.54) is 30.3 Å². The zero-order chi connectivity index (χ0) is 13.1. The average molecular weight is 275 g/mol. The van der Waals surface area contributed by atoms with Crippen LogP contribution in [0.5, 0.6) is 0 Å². The van der Waals surface area contributed by atoms with Crippen LogP contribution in [0.2, 0.25) is 0 Å². The van der Waals surface area contributed by atoms with E-state index in [-0.39, 0.29) is 0 Å². The summed E-state index contributed by atoms with van der Waals surface area (Å²) in [6.45, 7) is 3.28. The van der Waals surface area contributed by atoms with E-state index in [0.717, 1.165) is 24.5 Å². The lowest BCUT2D eigenvalue weighted by molar-refractivity contribution is 0.178. The topological polar surface area (TPSA) is 16.1 Å². The van der Waals surface area contributed by atoms with Crippen LogP contribution in [0.15, 0.2) is 36.5 Å². The first-order chi connectivity index (χ1) is 9.36. The number of nitrogens with zero attached hydrogens (tertiary/aromatic N) is 2. The predicted molar refractivity (Wildman–Crippen MR) is 80.5 cm³/mol. The monoisotopic (exact) mass is 274 g/mol. The van der Waals surface area contributed by atoms with Crippen LogP contribution in [-0.4, -0.2) is 28.9 Å². The zero-order valence-corrected chi connectivity index (χ0v) is 11.8. The van der Waals surface area contributed by atoms with Crippen LogP contribution in [0.1, 0.15) is 18.4 Å². The molecular weight excluding hydrogens is 256 g/mol. The van der Waals surface area contributed by atoms with Crippen LogP contribution in [0, 0.1) is 5.92 Å².